The highest BCUT2D eigenvalue weighted by atomic mass is 32.1. The van der Waals surface area contributed by atoms with E-state index in [-0.39, 0.29) is 6.61 Å². The minimum atomic E-state index is -0.503. The molecule has 3 heterocycles. The first-order valence-corrected chi connectivity index (χ1v) is 11.7. The molecular formula is C25H28N4O3S. The van der Waals surface area contributed by atoms with Crippen molar-refractivity contribution in [2.24, 2.45) is 0 Å². The Kier molecular flexibility index (Phi) is 7.05. The highest BCUT2D eigenvalue weighted by Gasteiger charge is 2.16. The maximum atomic E-state index is 12.4. The van der Waals surface area contributed by atoms with E-state index in [9.17, 15) is 4.79 Å². The first-order chi connectivity index (χ1) is 15.9. The predicted molar refractivity (Wildman–Crippen MR) is 131 cm³/mol. The number of allylic oxidation sites excluding steroid dienone is 5. The summed E-state index contributed by atoms with van der Waals surface area (Å²) >= 11 is 1.56. The summed E-state index contributed by atoms with van der Waals surface area (Å²) in [7, 11) is 0. The molecule has 7 nitrogen and oxygen atoms in total. The van der Waals surface area contributed by atoms with Gasteiger partial charge in [-0.05, 0) is 39.0 Å². The normalized spacial score (nSPS) is 14.0. The van der Waals surface area contributed by atoms with Crippen LogP contribution in [0.15, 0.2) is 54.2 Å². The molecule has 1 aliphatic heterocycles. The SMILES string of the molecule is C=C(C)/C=C(C)\C=C/Cc1nc(C)c(COC(=O)Nc2ccc3c(c2)nc2n3CCOC2)s1. The number of ether oxygens (including phenoxy) is 2. The van der Waals surface area contributed by atoms with Crippen LogP contribution in [0.25, 0.3) is 11.0 Å². The summed E-state index contributed by atoms with van der Waals surface area (Å²) in [5.74, 6) is 0.907. The Bertz CT molecular complexity index is 1250. The molecular weight excluding hydrogens is 436 g/mol. The van der Waals surface area contributed by atoms with Gasteiger partial charge in [-0.2, -0.15) is 0 Å². The Morgan fingerprint density at radius 1 is 1.36 bits per heavy atom. The van der Waals surface area contributed by atoms with Gasteiger partial charge in [0.1, 0.15) is 19.0 Å². The fourth-order valence-electron chi connectivity index (χ4n) is 3.71. The number of thiazole rings is 1. The molecule has 33 heavy (non-hydrogen) atoms. The van der Waals surface area contributed by atoms with E-state index in [0.29, 0.717) is 18.9 Å². The fraction of sp³-hybridized carbons (Fsp3) is 0.320. The molecule has 1 aliphatic rings. The zero-order chi connectivity index (χ0) is 23.4. The number of imidazole rings is 1. The predicted octanol–water partition coefficient (Wildman–Crippen LogP) is 5.70. The minimum absolute atomic E-state index is 0.187. The van der Waals surface area contributed by atoms with Crippen LogP contribution in [0.4, 0.5) is 10.5 Å². The lowest BCUT2D eigenvalue weighted by molar-refractivity contribution is 0.0830. The second-order valence-corrected chi connectivity index (χ2v) is 9.26. The first-order valence-electron chi connectivity index (χ1n) is 10.9. The molecule has 2 aromatic heterocycles. The number of carbonyl (C=O) groups is 1. The molecule has 0 unspecified atom stereocenters. The number of benzene rings is 1. The smallest absolute Gasteiger partial charge is 0.411 e. The highest BCUT2D eigenvalue weighted by molar-refractivity contribution is 7.11. The van der Waals surface area contributed by atoms with Crippen molar-refractivity contribution in [3.05, 3.63) is 75.6 Å². The van der Waals surface area contributed by atoms with Gasteiger partial charge in [0.05, 0.1) is 33.2 Å². The molecule has 0 radical (unpaired) electrons. The fourth-order valence-corrected chi connectivity index (χ4v) is 4.67. The van der Waals surface area contributed by atoms with E-state index in [4.69, 9.17) is 9.47 Å². The zero-order valence-corrected chi connectivity index (χ0v) is 20.0. The maximum Gasteiger partial charge on any atom is 0.411 e. The van der Waals surface area contributed by atoms with Crippen LogP contribution in [-0.2, 0) is 35.7 Å². The van der Waals surface area contributed by atoms with Gasteiger partial charge < -0.3 is 14.0 Å². The van der Waals surface area contributed by atoms with Crippen molar-refractivity contribution in [1.82, 2.24) is 14.5 Å². The van der Waals surface area contributed by atoms with Crippen LogP contribution in [0.2, 0.25) is 0 Å². The van der Waals surface area contributed by atoms with Gasteiger partial charge in [0.15, 0.2) is 0 Å². The molecule has 172 valence electrons. The molecule has 0 aliphatic carbocycles. The first kappa shape index (κ1) is 22.9. The van der Waals surface area contributed by atoms with Crippen molar-refractivity contribution in [1.29, 1.82) is 0 Å². The average Bonchev–Trinajstić information content (AvgIpc) is 3.31. The minimum Gasteiger partial charge on any atom is -0.444 e. The number of carbonyl (C=O) groups excluding carboxylic acids is 1. The number of hydrogen-bond donors (Lipinski definition) is 1. The number of amides is 1. The Morgan fingerprint density at radius 2 is 2.21 bits per heavy atom. The van der Waals surface area contributed by atoms with Crippen LogP contribution in [0.3, 0.4) is 0 Å². The second kappa shape index (κ2) is 10.1. The molecule has 1 aromatic carbocycles. The Hall–Kier alpha value is -3.23. The van der Waals surface area contributed by atoms with Crippen LogP contribution in [-0.4, -0.2) is 27.2 Å². The molecule has 0 saturated heterocycles. The summed E-state index contributed by atoms with van der Waals surface area (Å²) in [4.78, 5) is 22.5. The number of aryl methyl sites for hydroxylation is 1. The number of nitrogens with one attached hydrogen (secondary N) is 1. The molecule has 0 bridgehead atoms. The monoisotopic (exact) mass is 464 g/mol. The summed E-state index contributed by atoms with van der Waals surface area (Å²) in [6.45, 7) is 12.0. The van der Waals surface area contributed by atoms with Crippen molar-refractivity contribution in [3.63, 3.8) is 0 Å². The standard InChI is InChI=1S/C25H28N4O3S/c1-16(2)12-17(3)6-5-7-24-26-18(4)22(33-24)14-32-25(30)27-19-8-9-21-20(13-19)28-23-15-31-11-10-29(21)23/h5-6,8-9,12-13H,1,7,10-11,14-15H2,2-4H3,(H,27,30)/b6-5-,17-12-. The summed E-state index contributed by atoms with van der Waals surface area (Å²) in [6, 6.07) is 5.68. The second-order valence-electron chi connectivity index (χ2n) is 8.09. The lowest BCUT2D eigenvalue weighted by atomic mass is 10.2. The quantitative estimate of drug-likeness (QED) is 0.454. The van der Waals surface area contributed by atoms with Gasteiger partial charge in [-0.15, -0.1) is 11.3 Å². The van der Waals surface area contributed by atoms with Crippen molar-refractivity contribution >= 4 is 34.2 Å². The van der Waals surface area contributed by atoms with Gasteiger partial charge >= 0.3 is 6.09 Å². The molecule has 0 atom stereocenters. The number of nitrogens with zero attached hydrogens (tertiary/aromatic N) is 3. The van der Waals surface area contributed by atoms with E-state index in [1.54, 1.807) is 11.3 Å². The van der Waals surface area contributed by atoms with Gasteiger partial charge in [0.25, 0.3) is 0 Å². The van der Waals surface area contributed by atoms with E-state index >= 15 is 0 Å². The topological polar surface area (TPSA) is 78.3 Å². The van der Waals surface area contributed by atoms with Gasteiger partial charge in [-0.25, -0.2) is 14.8 Å². The summed E-state index contributed by atoms with van der Waals surface area (Å²) in [5, 5.41) is 3.78. The van der Waals surface area contributed by atoms with Crippen LogP contribution in [0.1, 0.15) is 35.3 Å². The number of rotatable bonds is 7. The molecule has 1 N–H and O–H groups in total. The van der Waals surface area contributed by atoms with Gasteiger partial charge in [0.2, 0.25) is 0 Å². The molecule has 4 rings (SSSR count). The molecule has 0 saturated carbocycles. The largest absolute Gasteiger partial charge is 0.444 e. The van der Waals surface area contributed by atoms with Gasteiger partial charge in [0, 0.05) is 18.7 Å². The Morgan fingerprint density at radius 3 is 3.03 bits per heavy atom. The number of aromatic nitrogens is 3. The molecule has 0 fully saturated rings. The van der Waals surface area contributed by atoms with E-state index in [0.717, 1.165) is 56.5 Å². The third kappa shape index (κ3) is 5.77. The van der Waals surface area contributed by atoms with E-state index in [2.05, 4.69) is 38.6 Å². The van der Waals surface area contributed by atoms with Gasteiger partial charge in [-0.3, -0.25) is 5.32 Å². The lowest BCUT2D eigenvalue weighted by Crippen LogP contribution is -2.16. The van der Waals surface area contributed by atoms with Crippen molar-refractivity contribution in [3.8, 4) is 0 Å². The number of fused-ring (bicyclic) bond motifs is 3. The summed E-state index contributed by atoms with van der Waals surface area (Å²) in [5.41, 5.74) is 5.58. The van der Waals surface area contributed by atoms with Crippen molar-refractivity contribution in [2.75, 3.05) is 11.9 Å². The number of hydrogen-bond acceptors (Lipinski definition) is 6. The lowest BCUT2D eigenvalue weighted by Gasteiger charge is -2.14. The van der Waals surface area contributed by atoms with Crippen LogP contribution in [0.5, 0.6) is 0 Å². The summed E-state index contributed by atoms with van der Waals surface area (Å²) in [6.07, 6.45) is 6.42. The summed E-state index contributed by atoms with van der Waals surface area (Å²) < 4.78 is 13.1. The van der Waals surface area contributed by atoms with Crippen molar-refractivity contribution in [2.45, 2.75) is 47.0 Å². The van der Waals surface area contributed by atoms with E-state index in [1.807, 2.05) is 45.0 Å². The third-order valence-electron chi connectivity index (χ3n) is 5.18. The Balaban J connectivity index is 1.32. The van der Waals surface area contributed by atoms with Crippen LogP contribution >= 0.6 is 11.3 Å². The van der Waals surface area contributed by atoms with E-state index < -0.39 is 6.09 Å². The molecule has 8 heteroatoms. The third-order valence-corrected chi connectivity index (χ3v) is 6.34. The molecule has 0 spiro atoms. The zero-order valence-electron chi connectivity index (χ0n) is 19.2. The number of anilines is 1. The molecule has 3 aromatic rings. The average molecular weight is 465 g/mol. The maximum absolute atomic E-state index is 12.4. The Labute approximate surface area is 197 Å². The van der Waals surface area contributed by atoms with E-state index in [1.165, 1.54) is 0 Å². The van der Waals surface area contributed by atoms with Crippen LogP contribution < -0.4 is 5.32 Å². The highest BCUT2D eigenvalue weighted by Crippen LogP contribution is 2.24. The van der Waals surface area contributed by atoms with Gasteiger partial charge in [-0.1, -0.05) is 36.0 Å². The molecule has 1 amide bonds. The van der Waals surface area contributed by atoms with Crippen LogP contribution in [0, 0.1) is 6.92 Å². The van der Waals surface area contributed by atoms with Crippen molar-refractivity contribution < 1.29 is 14.3 Å².